The monoisotopic (exact) mass is 553 g/mol. The van der Waals surface area contributed by atoms with Crippen LogP contribution in [-0.4, -0.2) is 25.3 Å². The number of carbonyl (C=O) groups is 2. The second-order valence-corrected chi connectivity index (χ2v) is 9.90. The summed E-state index contributed by atoms with van der Waals surface area (Å²) in [5.41, 5.74) is 1.97. The summed E-state index contributed by atoms with van der Waals surface area (Å²) in [6, 6.07) is 26.5. The van der Waals surface area contributed by atoms with Gasteiger partial charge in [0, 0.05) is 17.3 Å². The van der Waals surface area contributed by atoms with Crippen LogP contribution in [-0.2, 0) is 32.9 Å². The molecule has 208 valence electrons. The third-order valence-electron chi connectivity index (χ3n) is 7.41. The first kappa shape index (κ1) is 26.4. The number of nitrogens with zero attached hydrogens (tertiary/aromatic N) is 1. The van der Waals surface area contributed by atoms with Crippen LogP contribution >= 0.6 is 0 Å². The molecule has 0 bridgehead atoms. The van der Waals surface area contributed by atoms with Crippen molar-refractivity contribution in [2.24, 2.45) is 0 Å². The first-order chi connectivity index (χ1) is 20.0. The van der Waals surface area contributed by atoms with E-state index >= 15 is 0 Å². The summed E-state index contributed by atoms with van der Waals surface area (Å²) in [5, 5.41) is 0. The van der Waals surface area contributed by atoms with Crippen LogP contribution in [0.1, 0.15) is 35.6 Å². The van der Waals surface area contributed by atoms with Gasteiger partial charge in [-0.15, -0.1) is 0 Å². The van der Waals surface area contributed by atoms with E-state index in [4.69, 9.17) is 18.9 Å². The highest BCUT2D eigenvalue weighted by Gasteiger charge is 2.55. The molecule has 0 fully saturated rings. The van der Waals surface area contributed by atoms with Crippen LogP contribution in [0.4, 0.5) is 10.1 Å². The van der Waals surface area contributed by atoms with Crippen LogP contribution in [0.15, 0.2) is 91.0 Å². The van der Waals surface area contributed by atoms with Gasteiger partial charge in [0.1, 0.15) is 23.6 Å². The number of amides is 1. The molecule has 2 aliphatic heterocycles. The fraction of sp³-hybridized carbons (Fsp3) is 0.212. The van der Waals surface area contributed by atoms with Gasteiger partial charge in [0.05, 0.1) is 19.6 Å². The Morgan fingerprint density at radius 1 is 0.902 bits per heavy atom. The maximum absolute atomic E-state index is 14.7. The molecule has 0 saturated heterocycles. The summed E-state index contributed by atoms with van der Waals surface area (Å²) in [6.07, 6.45) is -0.252. The van der Waals surface area contributed by atoms with Gasteiger partial charge in [-0.05, 0) is 47.9 Å². The Kier molecular flexibility index (Phi) is 7.05. The zero-order valence-corrected chi connectivity index (χ0v) is 22.5. The van der Waals surface area contributed by atoms with E-state index in [9.17, 15) is 14.0 Å². The van der Waals surface area contributed by atoms with E-state index in [1.165, 1.54) is 12.1 Å². The molecule has 0 aromatic heterocycles. The lowest BCUT2D eigenvalue weighted by Crippen LogP contribution is -2.43. The molecule has 2 heterocycles. The minimum absolute atomic E-state index is 0.0308. The lowest BCUT2D eigenvalue weighted by Gasteiger charge is -2.30. The van der Waals surface area contributed by atoms with Gasteiger partial charge in [-0.3, -0.25) is 9.59 Å². The number of esters is 1. The molecule has 0 aliphatic carbocycles. The molecule has 7 nitrogen and oxygen atoms in total. The van der Waals surface area contributed by atoms with E-state index in [1.54, 1.807) is 36.1 Å². The van der Waals surface area contributed by atoms with E-state index in [1.807, 2.05) is 54.6 Å². The fourth-order valence-corrected chi connectivity index (χ4v) is 5.52. The highest BCUT2D eigenvalue weighted by molar-refractivity contribution is 6.12. The molecule has 1 atom stereocenters. The number of hydrogen-bond donors (Lipinski definition) is 0. The minimum Gasteiger partial charge on any atom is -0.488 e. The first-order valence-electron chi connectivity index (χ1n) is 13.4. The number of ether oxygens (including phenoxy) is 4. The topological polar surface area (TPSA) is 74.3 Å². The molecule has 2 aliphatic rings. The van der Waals surface area contributed by atoms with Gasteiger partial charge in [-0.1, -0.05) is 60.7 Å². The summed E-state index contributed by atoms with van der Waals surface area (Å²) < 4.78 is 36.8. The lowest BCUT2D eigenvalue weighted by atomic mass is 9.72. The summed E-state index contributed by atoms with van der Waals surface area (Å²) in [6.45, 7) is 2.35. The average molecular weight is 554 g/mol. The molecule has 4 aromatic carbocycles. The van der Waals surface area contributed by atoms with Gasteiger partial charge < -0.3 is 23.8 Å². The number of fused-ring (bicyclic) bond motifs is 2. The molecule has 0 N–H and O–H groups in total. The van der Waals surface area contributed by atoms with Crippen molar-refractivity contribution < 1.29 is 32.9 Å². The summed E-state index contributed by atoms with van der Waals surface area (Å²) in [4.78, 5) is 29.6. The van der Waals surface area contributed by atoms with Crippen LogP contribution in [0.3, 0.4) is 0 Å². The van der Waals surface area contributed by atoms with Crippen LogP contribution in [0, 0.1) is 5.82 Å². The van der Waals surface area contributed by atoms with E-state index in [0.717, 1.165) is 11.1 Å². The highest BCUT2D eigenvalue weighted by atomic mass is 19.1. The van der Waals surface area contributed by atoms with Crippen molar-refractivity contribution in [3.8, 4) is 17.2 Å². The van der Waals surface area contributed by atoms with E-state index in [2.05, 4.69) is 0 Å². The smallest absolute Gasteiger partial charge is 0.307 e. The Labute approximate surface area is 237 Å². The predicted octanol–water partition coefficient (Wildman–Crippen LogP) is 5.92. The van der Waals surface area contributed by atoms with Crippen LogP contribution in [0.2, 0.25) is 0 Å². The Hall–Kier alpha value is -4.85. The van der Waals surface area contributed by atoms with Crippen LogP contribution in [0.5, 0.6) is 17.2 Å². The molecular weight excluding hydrogens is 525 g/mol. The molecular formula is C33H28FNO6. The number of carbonyl (C=O) groups excluding carboxylic acids is 2. The van der Waals surface area contributed by atoms with Crippen LogP contribution < -0.4 is 19.1 Å². The molecule has 6 rings (SSSR count). The lowest BCUT2D eigenvalue weighted by molar-refractivity contribution is -0.146. The van der Waals surface area contributed by atoms with Gasteiger partial charge in [-0.2, -0.15) is 0 Å². The summed E-state index contributed by atoms with van der Waals surface area (Å²) in [7, 11) is 0. The standard InChI is InChI=1S/C33H28FNO6/c1-2-38-31(36)18-33(25-10-6-7-11-27(25)35(32(33)37)19-22-12-14-24(34)15-13-22)26-16-29-30(41-21-40-29)17-28(26)39-20-23-8-4-3-5-9-23/h3-17H,2,18-21H2,1H3. The molecule has 0 spiro atoms. The number of halogens is 1. The largest absolute Gasteiger partial charge is 0.488 e. The SMILES string of the molecule is CCOC(=O)CC1(c2cc3c(cc2OCc2ccccc2)OCO3)C(=O)N(Cc2ccc(F)cc2)c2ccccc21. The van der Waals surface area contributed by atoms with Crippen molar-refractivity contribution in [2.75, 3.05) is 18.3 Å². The van der Waals surface area contributed by atoms with Crippen LogP contribution in [0.25, 0.3) is 0 Å². The van der Waals surface area contributed by atoms with Crippen molar-refractivity contribution in [3.05, 3.63) is 119 Å². The maximum atomic E-state index is 14.7. The highest BCUT2D eigenvalue weighted by Crippen LogP contribution is 2.54. The Bertz CT molecular complexity index is 1590. The van der Waals surface area contributed by atoms with Gasteiger partial charge >= 0.3 is 5.97 Å². The predicted molar refractivity (Wildman–Crippen MR) is 149 cm³/mol. The Balaban J connectivity index is 1.51. The molecule has 4 aromatic rings. The zero-order valence-electron chi connectivity index (χ0n) is 22.5. The van der Waals surface area contributed by atoms with Crippen molar-refractivity contribution in [1.29, 1.82) is 0 Å². The van der Waals surface area contributed by atoms with Crippen molar-refractivity contribution >= 4 is 17.6 Å². The van der Waals surface area contributed by atoms with Gasteiger partial charge in [0.25, 0.3) is 0 Å². The first-order valence-corrected chi connectivity index (χ1v) is 13.4. The van der Waals surface area contributed by atoms with Gasteiger partial charge in [0.2, 0.25) is 12.7 Å². The number of benzene rings is 4. The van der Waals surface area contributed by atoms with E-state index < -0.39 is 11.4 Å². The normalized spacial score (nSPS) is 16.9. The van der Waals surface area contributed by atoms with Gasteiger partial charge in [-0.25, -0.2) is 4.39 Å². The third kappa shape index (κ3) is 4.86. The number of hydrogen-bond acceptors (Lipinski definition) is 6. The molecule has 0 radical (unpaired) electrons. The number of anilines is 1. The van der Waals surface area contributed by atoms with E-state index in [-0.39, 0.29) is 44.7 Å². The van der Waals surface area contributed by atoms with E-state index in [0.29, 0.717) is 34.1 Å². The van der Waals surface area contributed by atoms with Crippen molar-refractivity contribution in [3.63, 3.8) is 0 Å². The molecule has 1 amide bonds. The quantitative estimate of drug-likeness (QED) is 0.240. The molecule has 41 heavy (non-hydrogen) atoms. The summed E-state index contributed by atoms with van der Waals surface area (Å²) in [5.74, 6) is 0.140. The second-order valence-electron chi connectivity index (χ2n) is 9.90. The Morgan fingerprint density at radius 3 is 2.37 bits per heavy atom. The molecule has 0 saturated carbocycles. The fourth-order valence-electron chi connectivity index (χ4n) is 5.52. The van der Waals surface area contributed by atoms with Crippen molar-refractivity contribution in [2.45, 2.75) is 31.9 Å². The van der Waals surface area contributed by atoms with Crippen molar-refractivity contribution in [1.82, 2.24) is 0 Å². The third-order valence-corrected chi connectivity index (χ3v) is 7.41. The molecule has 8 heteroatoms. The summed E-state index contributed by atoms with van der Waals surface area (Å²) >= 11 is 0. The maximum Gasteiger partial charge on any atom is 0.307 e. The van der Waals surface area contributed by atoms with Gasteiger partial charge in [0.15, 0.2) is 11.5 Å². The zero-order chi connectivity index (χ0) is 28.4. The second kappa shape index (κ2) is 11.0. The number of para-hydroxylation sites is 1. The number of rotatable bonds is 9. The molecule has 1 unspecified atom stereocenters. The average Bonchev–Trinajstić information content (AvgIpc) is 3.54. The minimum atomic E-state index is -1.48. The Morgan fingerprint density at radius 2 is 1.61 bits per heavy atom.